The van der Waals surface area contributed by atoms with Crippen molar-refractivity contribution in [3.63, 3.8) is 0 Å². The second-order valence-electron chi connectivity index (χ2n) is 6.02. The lowest BCUT2D eigenvalue weighted by molar-refractivity contribution is -0.137. The molecule has 2 aliphatic rings. The SMILES string of the molecule is O=C1CCC(N2Cc3c(NC(=O)COCCCl)cccc3C2=O)C(=O)N1. The lowest BCUT2D eigenvalue weighted by atomic mass is 10.0. The standard InChI is InChI=1S/C17H18ClN3O5/c18-6-7-26-9-15(23)19-12-3-1-2-10-11(12)8-21(17(10)25)13-4-5-14(22)20-16(13)24/h1-3,13H,4-9H2,(H,19,23)(H,20,22,24). The minimum absolute atomic E-state index is 0.138. The number of nitrogens with one attached hydrogen (secondary N) is 2. The maximum Gasteiger partial charge on any atom is 0.255 e. The Morgan fingerprint density at radius 1 is 1.35 bits per heavy atom. The molecule has 0 spiro atoms. The number of hydrogen-bond donors (Lipinski definition) is 2. The summed E-state index contributed by atoms with van der Waals surface area (Å²) in [6.07, 6.45) is 0.483. The lowest BCUT2D eigenvalue weighted by Gasteiger charge is -2.29. The third kappa shape index (κ3) is 3.71. The fraction of sp³-hybridized carbons (Fsp3) is 0.412. The zero-order valence-electron chi connectivity index (χ0n) is 13.9. The normalized spacial score (nSPS) is 19.3. The van der Waals surface area contributed by atoms with Gasteiger partial charge in [0.25, 0.3) is 5.91 Å². The molecule has 9 heteroatoms. The van der Waals surface area contributed by atoms with Gasteiger partial charge < -0.3 is 15.0 Å². The largest absolute Gasteiger partial charge is 0.370 e. The van der Waals surface area contributed by atoms with Crippen molar-refractivity contribution in [2.24, 2.45) is 0 Å². The molecule has 3 rings (SSSR count). The summed E-state index contributed by atoms with van der Waals surface area (Å²) >= 11 is 5.50. The molecular weight excluding hydrogens is 362 g/mol. The number of alkyl halides is 1. The van der Waals surface area contributed by atoms with E-state index < -0.39 is 11.9 Å². The van der Waals surface area contributed by atoms with Gasteiger partial charge in [-0.15, -0.1) is 11.6 Å². The minimum Gasteiger partial charge on any atom is -0.370 e. The third-order valence-electron chi connectivity index (χ3n) is 4.31. The zero-order valence-corrected chi connectivity index (χ0v) is 14.7. The molecule has 1 atom stereocenters. The Kier molecular flexibility index (Phi) is 5.53. The van der Waals surface area contributed by atoms with Gasteiger partial charge in [0, 0.05) is 35.7 Å². The van der Waals surface area contributed by atoms with Crippen molar-refractivity contribution in [1.29, 1.82) is 0 Å². The fourth-order valence-electron chi connectivity index (χ4n) is 3.11. The highest BCUT2D eigenvalue weighted by molar-refractivity contribution is 6.18. The number of halogens is 1. The van der Waals surface area contributed by atoms with Crippen molar-refractivity contribution in [3.8, 4) is 0 Å². The number of ether oxygens (including phenoxy) is 1. The molecule has 1 aromatic carbocycles. The van der Waals surface area contributed by atoms with E-state index in [1.54, 1.807) is 18.2 Å². The summed E-state index contributed by atoms with van der Waals surface area (Å²) in [4.78, 5) is 49.5. The van der Waals surface area contributed by atoms with E-state index in [1.165, 1.54) is 4.90 Å². The van der Waals surface area contributed by atoms with Gasteiger partial charge in [0.05, 0.1) is 6.61 Å². The number of nitrogens with zero attached hydrogens (tertiary/aromatic N) is 1. The van der Waals surface area contributed by atoms with Crippen molar-refractivity contribution in [3.05, 3.63) is 29.3 Å². The van der Waals surface area contributed by atoms with Crippen LogP contribution in [0.1, 0.15) is 28.8 Å². The second kappa shape index (κ2) is 7.84. The van der Waals surface area contributed by atoms with Crippen LogP contribution in [-0.4, -0.2) is 53.7 Å². The highest BCUT2D eigenvalue weighted by atomic mass is 35.5. The van der Waals surface area contributed by atoms with Gasteiger partial charge in [-0.3, -0.25) is 24.5 Å². The molecule has 2 aliphatic heterocycles. The van der Waals surface area contributed by atoms with Gasteiger partial charge >= 0.3 is 0 Å². The van der Waals surface area contributed by atoms with E-state index in [1.807, 2.05) is 0 Å². The number of carbonyl (C=O) groups excluding carboxylic acids is 4. The monoisotopic (exact) mass is 379 g/mol. The molecule has 8 nitrogen and oxygen atoms in total. The quantitative estimate of drug-likeness (QED) is 0.429. The zero-order chi connectivity index (χ0) is 18.7. The number of anilines is 1. The molecule has 0 saturated carbocycles. The van der Waals surface area contributed by atoms with Gasteiger partial charge in [-0.2, -0.15) is 0 Å². The molecule has 26 heavy (non-hydrogen) atoms. The van der Waals surface area contributed by atoms with E-state index in [9.17, 15) is 19.2 Å². The smallest absolute Gasteiger partial charge is 0.255 e. The van der Waals surface area contributed by atoms with E-state index in [0.29, 0.717) is 29.1 Å². The molecule has 0 radical (unpaired) electrons. The van der Waals surface area contributed by atoms with Crippen LogP contribution in [0.2, 0.25) is 0 Å². The van der Waals surface area contributed by atoms with E-state index >= 15 is 0 Å². The summed E-state index contributed by atoms with van der Waals surface area (Å²) in [5.74, 6) is -1.15. The number of rotatable bonds is 6. The van der Waals surface area contributed by atoms with Gasteiger partial charge in [-0.1, -0.05) is 6.07 Å². The maximum atomic E-state index is 12.7. The summed E-state index contributed by atoms with van der Waals surface area (Å²) in [5, 5.41) is 4.98. The Hall–Kier alpha value is -2.45. The lowest BCUT2D eigenvalue weighted by Crippen LogP contribution is -2.52. The van der Waals surface area contributed by atoms with Crippen LogP contribution in [0.15, 0.2) is 18.2 Å². The van der Waals surface area contributed by atoms with Crippen LogP contribution in [-0.2, 0) is 25.7 Å². The van der Waals surface area contributed by atoms with Crippen molar-refractivity contribution < 1.29 is 23.9 Å². The predicted molar refractivity (Wildman–Crippen MR) is 92.7 cm³/mol. The van der Waals surface area contributed by atoms with Crippen LogP contribution in [0.5, 0.6) is 0 Å². The first kappa shape index (κ1) is 18.3. The van der Waals surface area contributed by atoms with Gasteiger partial charge in [0.2, 0.25) is 17.7 Å². The Morgan fingerprint density at radius 2 is 2.15 bits per heavy atom. The topological polar surface area (TPSA) is 105 Å². The minimum atomic E-state index is -0.691. The van der Waals surface area contributed by atoms with Crippen LogP contribution in [0, 0.1) is 0 Å². The van der Waals surface area contributed by atoms with E-state index in [2.05, 4.69) is 10.6 Å². The molecule has 1 unspecified atom stereocenters. The van der Waals surface area contributed by atoms with Gasteiger partial charge in [0.1, 0.15) is 12.6 Å². The molecule has 1 saturated heterocycles. The Bertz CT molecular complexity index is 767. The first-order valence-electron chi connectivity index (χ1n) is 8.21. The number of hydrogen-bond acceptors (Lipinski definition) is 5. The van der Waals surface area contributed by atoms with Crippen LogP contribution >= 0.6 is 11.6 Å². The third-order valence-corrected chi connectivity index (χ3v) is 4.47. The molecule has 2 N–H and O–H groups in total. The van der Waals surface area contributed by atoms with E-state index in [0.717, 1.165) is 0 Å². The number of carbonyl (C=O) groups is 4. The van der Waals surface area contributed by atoms with Crippen LogP contribution < -0.4 is 10.6 Å². The average Bonchev–Trinajstić information content (AvgIpc) is 2.93. The van der Waals surface area contributed by atoms with Crippen LogP contribution in [0.3, 0.4) is 0 Å². The second-order valence-corrected chi connectivity index (χ2v) is 6.40. The molecule has 2 heterocycles. The Morgan fingerprint density at radius 3 is 2.88 bits per heavy atom. The molecule has 4 amide bonds. The van der Waals surface area contributed by atoms with Crippen molar-refractivity contribution in [1.82, 2.24) is 10.2 Å². The Balaban J connectivity index is 1.74. The van der Waals surface area contributed by atoms with E-state index in [4.69, 9.17) is 16.3 Å². The first-order valence-corrected chi connectivity index (χ1v) is 8.75. The number of imide groups is 1. The number of fused-ring (bicyclic) bond motifs is 1. The van der Waals surface area contributed by atoms with Crippen molar-refractivity contribution >= 4 is 40.9 Å². The highest BCUT2D eigenvalue weighted by Crippen LogP contribution is 2.32. The van der Waals surface area contributed by atoms with Crippen molar-refractivity contribution in [2.75, 3.05) is 24.4 Å². The summed E-state index contributed by atoms with van der Waals surface area (Å²) in [6.45, 7) is 0.324. The summed E-state index contributed by atoms with van der Waals surface area (Å²) in [6, 6.07) is 4.33. The summed E-state index contributed by atoms with van der Waals surface area (Å²) in [7, 11) is 0. The predicted octanol–water partition coefficient (Wildman–Crippen LogP) is 0.641. The van der Waals surface area contributed by atoms with Crippen LogP contribution in [0.4, 0.5) is 5.69 Å². The molecule has 1 fully saturated rings. The molecule has 138 valence electrons. The fourth-order valence-corrected chi connectivity index (χ4v) is 3.22. The molecule has 0 aliphatic carbocycles. The molecule has 0 aromatic heterocycles. The molecular formula is C17H18ClN3O5. The summed E-state index contributed by atoms with van der Waals surface area (Å²) < 4.78 is 5.09. The van der Waals surface area contributed by atoms with Gasteiger partial charge in [-0.05, 0) is 18.6 Å². The molecule has 1 aromatic rings. The van der Waals surface area contributed by atoms with Crippen LogP contribution in [0.25, 0.3) is 0 Å². The molecule has 0 bridgehead atoms. The van der Waals surface area contributed by atoms with E-state index in [-0.39, 0.29) is 43.9 Å². The van der Waals surface area contributed by atoms with Gasteiger partial charge in [0.15, 0.2) is 0 Å². The highest BCUT2D eigenvalue weighted by Gasteiger charge is 2.39. The number of amides is 4. The first-order chi connectivity index (χ1) is 12.5. The maximum absolute atomic E-state index is 12.7. The summed E-state index contributed by atoms with van der Waals surface area (Å²) in [5.41, 5.74) is 1.59. The number of benzene rings is 1. The van der Waals surface area contributed by atoms with Gasteiger partial charge in [-0.25, -0.2) is 0 Å². The number of piperidine rings is 1. The van der Waals surface area contributed by atoms with Crippen molar-refractivity contribution in [2.45, 2.75) is 25.4 Å². The average molecular weight is 380 g/mol. The Labute approximate surface area is 154 Å².